The highest BCUT2D eigenvalue weighted by Gasteiger charge is 2.04. The topological polar surface area (TPSA) is 12.9 Å². The van der Waals surface area contributed by atoms with E-state index in [4.69, 9.17) is 4.98 Å². The van der Waals surface area contributed by atoms with Crippen LogP contribution in [0.3, 0.4) is 0 Å². The van der Waals surface area contributed by atoms with Gasteiger partial charge >= 0.3 is 0 Å². The minimum atomic E-state index is 1.04. The van der Waals surface area contributed by atoms with Gasteiger partial charge in [0.15, 0.2) is 0 Å². The zero-order valence-electron chi connectivity index (χ0n) is 12.7. The van der Waals surface area contributed by atoms with E-state index in [1.807, 2.05) is 0 Å². The highest BCUT2D eigenvalue weighted by molar-refractivity contribution is 5.95. The Kier molecular flexibility index (Phi) is 3.57. The van der Waals surface area contributed by atoms with Gasteiger partial charge in [-0.1, -0.05) is 60.2 Å². The summed E-state index contributed by atoms with van der Waals surface area (Å²) in [6.45, 7) is 6.28. The van der Waals surface area contributed by atoms with Crippen LogP contribution in [0.4, 0.5) is 0 Å². The molecule has 21 heavy (non-hydrogen) atoms. The molecule has 1 aromatic heterocycles. The Hall–Kier alpha value is -2.41. The number of hydrogen-bond donors (Lipinski definition) is 0. The van der Waals surface area contributed by atoms with Crippen LogP contribution in [-0.4, -0.2) is 4.98 Å². The van der Waals surface area contributed by atoms with Crippen LogP contribution in [0.15, 0.2) is 54.6 Å². The highest BCUT2D eigenvalue weighted by atomic mass is 14.7. The number of nitrogens with zero attached hydrogens (tertiary/aromatic N) is 1. The van der Waals surface area contributed by atoms with Gasteiger partial charge in [-0.15, -0.1) is 0 Å². The molecule has 0 unspecified atom stereocenters. The Morgan fingerprint density at radius 1 is 0.905 bits per heavy atom. The Labute approximate surface area is 125 Å². The van der Waals surface area contributed by atoms with E-state index in [0.29, 0.717) is 0 Å². The molecule has 1 heterocycles. The quantitative estimate of drug-likeness (QED) is 0.655. The van der Waals surface area contributed by atoms with Gasteiger partial charge in [0.1, 0.15) is 0 Å². The fourth-order valence-corrected chi connectivity index (χ4v) is 2.70. The zero-order valence-corrected chi connectivity index (χ0v) is 12.7. The molecule has 2 aromatic carbocycles. The smallest absolute Gasteiger partial charge is 0.0715 e. The van der Waals surface area contributed by atoms with Crippen molar-refractivity contribution in [1.29, 1.82) is 0 Å². The van der Waals surface area contributed by atoms with Gasteiger partial charge in [-0.2, -0.15) is 0 Å². The normalized spacial score (nSPS) is 11.9. The maximum atomic E-state index is 4.90. The molecule has 0 N–H and O–H groups in total. The molecule has 0 aliphatic rings. The first-order valence-corrected chi connectivity index (χ1v) is 7.30. The molecule has 0 aliphatic carbocycles. The van der Waals surface area contributed by atoms with Crippen molar-refractivity contribution in [2.75, 3.05) is 0 Å². The van der Waals surface area contributed by atoms with Gasteiger partial charge in [0.25, 0.3) is 0 Å². The largest absolute Gasteiger partial charge is 0.248 e. The first kappa shape index (κ1) is 13.6. The zero-order chi connectivity index (χ0) is 14.8. The predicted molar refractivity (Wildman–Crippen MR) is 91.3 cm³/mol. The Morgan fingerprint density at radius 3 is 2.43 bits per heavy atom. The minimum absolute atomic E-state index is 1.04. The number of fused-ring (bicyclic) bond motifs is 1. The third-order valence-corrected chi connectivity index (χ3v) is 3.78. The van der Waals surface area contributed by atoms with Crippen molar-refractivity contribution in [2.45, 2.75) is 20.8 Å². The van der Waals surface area contributed by atoms with Crippen LogP contribution in [0.1, 0.15) is 20.8 Å². The molecule has 0 spiro atoms. The summed E-state index contributed by atoms with van der Waals surface area (Å²) in [5.74, 6) is 0. The van der Waals surface area contributed by atoms with E-state index in [2.05, 4.69) is 81.4 Å². The second kappa shape index (κ2) is 5.53. The van der Waals surface area contributed by atoms with Crippen molar-refractivity contribution in [3.8, 4) is 11.3 Å². The van der Waals surface area contributed by atoms with Crippen molar-refractivity contribution in [1.82, 2.24) is 4.98 Å². The monoisotopic (exact) mass is 273 g/mol. The van der Waals surface area contributed by atoms with E-state index in [9.17, 15) is 0 Å². The van der Waals surface area contributed by atoms with Crippen LogP contribution >= 0.6 is 0 Å². The summed E-state index contributed by atoms with van der Waals surface area (Å²) in [7, 11) is 0. The first-order valence-electron chi connectivity index (χ1n) is 7.30. The molecule has 3 aromatic rings. The average molecular weight is 273 g/mol. The lowest BCUT2D eigenvalue weighted by atomic mass is 10.0. The lowest BCUT2D eigenvalue weighted by Crippen LogP contribution is -2.29. The second-order valence-electron chi connectivity index (χ2n) is 5.45. The Bertz CT molecular complexity index is 911. The molecule has 1 nitrogen and oxygen atoms in total. The maximum absolute atomic E-state index is 4.90. The fraction of sp³-hybridized carbons (Fsp3) is 0.150. The Balaban J connectivity index is 2.35. The summed E-state index contributed by atoms with van der Waals surface area (Å²) in [5.41, 5.74) is 3.47. The number of aromatic nitrogens is 1. The van der Waals surface area contributed by atoms with Crippen LogP contribution in [0.2, 0.25) is 0 Å². The molecule has 0 bridgehead atoms. The fourth-order valence-electron chi connectivity index (χ4n) is 2.70. The molecule has 0 radical (unpaired) electrons. The Morgan fingerprint density at radius 2 is 1.67 bits per heavy atom. The number of rotatable bonds is 1. The molecule has 1 heteroatoms. The van der Waals surface area contributed by atoms with Crippen molar-refractivity contribution in [3.05, 3.63) is 65.2 Å². The van der Waals surface area contributed by atoms with Crippen molar-refractivity contribution >= 4 is 22.4 Å². The summed E-state index contributed by atoms with van der Waals surface area (Å²) in [6, 6.07) is 19.1. The molecule has 3 rings (SSSR count). The van der Waals surface area contributed by atoms with E-state index in [1.165, 1.54) is 27.1 Å². The van der Waals surface area contributed by atoms with Gasteiger partial charge in [-0.3, -0.25) is 0 Å². The highest BCUT2D eigenvalue weighted by Crippen LogP contribution is 2.26. The standard InChI is InChI=1S/C20H19N/c1-4-15-12-13-19(21-20(15)14(2)3)18-11-7-9-16-8-5-6-10-17(16)18/h4-13H,1-3H3. The summed E-state index contributed by atoms with van der Waals surface area (Å²) in [6.07, 6.45) is 2.11. The van der Waals surface area contributed by atoms with E-state index in [1.54, 1.807) is 0 Å². The van der Waals surface area contributed by atoms with Gasteiger partial charge < -0.3 is 0 Å². The molecule has 0 saturated heterocycles. The van der Waals surface area contributed by atoms with E-state index in [0.717, 1.165) is 11.0 Å². The molecule has 0 aliphatic heterocycles. The summed E-state index contributed by atoms with van der Waals surface area (Å²) in [5, 5.41) is 4.78. The van der Waals surface area contributed by atoms with Crippen molar-refractivity contribution in [2.24, 2.45) is 0 Å². The number of hydrogen-bond acceptors (Lipinski definition) is 1. The lowest BCUT2D eigenvalue weighted by molar-refractivity contribution is 1.20. The molecule has 0 fully saturated rings. The molecule has 0 amide bonds. The molecule has 0 atom stereocenters. The third-order valence-electron chi connectivity index (χ3n) is 3.78. The van der Waals surface area contributed by atoms with Gasteiger partial charge in [0.05, 0.1) is 11.0 Å². The van der Waals surface area contributed by atoms with Crippen LogP contribution in [0.25, 0.3) is 33.7 Å². The van der Waals surface area contributed by atoms with Crippen molar-refractivity contribution < 1.29 is 0 Å². The van der Waals surface area contributed by atoms with Crippen LogP contribution in [0.5, 0.6) is 0 Å². The second-order valence-corrected chi connectivity index (χ2v) is 5.45. The average Bonchev–Trinajstić information content (AvgIpc) is 2.53. The third kappa shape index (κ3) is 2.47. The van der Waals surface area contributed by atoms with Gasteiger partial charge in [-0.25, -0.2) is 4.98 Å². The number of pyridine rings is 1. The first-order chi connectivity index (χ1) is 10.2. The summed E-state index contributed by atoms with van der Waals surface area (Å²) < 4.78 is 0. The SMILES string of the molecule is CC=c1ccc(-c2cccc3ccccc23)nc1=C(C)C. The van der Waals surface area contributed by atoms with Crippen molar-refractivity contribution in [3.63, 3.8) is 0 Å². The molecular formula is C20H19N. The van der Waals surface area contributed by atoms with E-state index >= 15 is 0 Å². The maximum Gasteiger partial charge on any atom is 0.0715 e. The van der Waals surface area contributed by atoms with Crippen LogP contribution in [0, 0.1) is 0 Å². The van der Waals surface area contributed by atoms with Gasteiger partial charge in [0, 0.05) is 5.56 Å². The minimum Gasteiger partial charge on any atom is -0.248 e. The summed E-state index contributed by atoms with van der Waals surface area (Å²) >= 11 is 0. The van der Waals surface area contributed by atoms with Crippen LogP contribution in [-0.2, 0) is 0 Å². The van der Waals surface area contributed by atoms with E-state index in [-0.39, 0.29) is 0 Å². The number of benzene rings is 2. The summed E-state index contributed by atoms with van der Waals surface area (Å²) in [4.78, 5) is 4.90. The predicted octanol–water partition coefficient (Wildman–Crippen LogP) is 3.89. The van der Waals surface area contributed by atoms with Gasteiger partial charge in [-0.05, 0) is 42.8 Å². The van der Waals surface area contributed by atoms with E-state index < -0.39 is 0 Å². The van der Waals surface area contributed by atoms with Gasteiger partial charge in [0.2, 0.25) is 0 Å². The van der Waals surface area contributed by atoms with Crippen LogP contribution < -0.4 is 10.6 Å². The molecule has 104 valence electrons. The lowest BCUT2D eigenvalue weighted by Gasteiger charge is -2.07. The molecule has 0 saturated carbocycles. The molecular weight excluding hydrogens is 254 g/mol.